The third-order valence-corrected chi connectivity index (χ3v) is 5.54. The van der Waals surface area contributed by atoms with Crippen molar-refractivity contribution in [3.63, 3.8) is 0 Å². The number of hydrogen-bond acceptors (Lipinski definition) is 5. The summed E-state index contributed by atoms with van der Waals surface area (Å²) in [5.41, 5.74) is 4.86. The van der Waals surface area contributed by atoms with Gasteiger partial charge in [0, 0.05) is 49.9 Å². The summed E-state index contributed by atoms with van der Waals surface area (Å²) in [5.74, 6) is 0.950. The second-order valence-electron chi connectivity index (χ2n) is 7.56. The highest BCUT2D eigenvalue weighted by molar-refractivity contribution is 5.89. The van der Waals surface area contributed by atoms with E-state index in [2.05, 4.69) is 57.2 Å². The number of benzene rings is 2. The molecule has 1 aromatic heterocycles. The van der Waals surface area contributed by atoms with Crippen LogP contribution in [-0.2, 0) is 24.4 Å². The largest absolute Gasteiger partial charge is 0.475 e. The number of ether oxygens (including phenoxy) is 2. The molecule has 5 heteroatoms. The highest BCUT2D eigenvalue weighted by Gasteiger charge is 2.23. The lowest BCUT2D eigenvalue weighted by atomic mass is 10.0. The Hall–Kier alpha value is -2.47. The SMILES string of the molecule is c1ccc(CN2COc3c(cc(CN4CCOCC4)c4cccnc34)C2)cc1. The monoisotopic (exact) mass is 375 g/mol. The third-order valence-electron chi connectivity index (χ3n) is 5.54. The Morgan fingerprint density at radius 3 is 2.64 bits per heavy atom. The van der Waals surface area contributed by atoms with Gasteiger partial charge in [0.1, 0.15) is 12.2 Å². The van der Waals surface area contributed by atoms with Gasteiger partial charge in [-0.25, -0.2) is 0 Å². The Bertz CT molecular complexity index is 955. The van der Waals surface area contributed by atoms with Crippen molar-refractivity contribution < 1.29 is 9.47 Å². The molecule has 1 saturated heterocycles. The van der Waals surface area contributed by atoms with E-state index >= 15 is 0 Å². The van der Waals surface area contributed by atoms with Gasteiger partial charge in [0.05, 0.1) is 13.2 Å². The van der Waals surface area contributed by atoms with Gasteiger partial charge in [0.25, 0.3) is 0 Å². The van der Waals surface area contributed by atoms with E-state index in [-0.39, 0.29) is 0 Å². The fourth-order valence-electron chi connectivity index (χ4n) is 4.15. The van der Waals surface area contributed by atoms with Gasteiger partial charge < -0.3 is 9.47 Å². The molecule has 3 heterocycles. The van der Waals surface area contributed by atoms with Gasteiger partial charge in [-0.05, 0) is 23.3 Å². The van der Waals surface area contributed by atoms with E-state index in [0.29, 0.717) is 6.73 Å². The fourth-order valence-corrected chi connectivity index (χ4v) is 4.15. The molecule has 1 fully saturated rings. The zero-order chi connectivity index (χ0) is 18.8. The summed E-state index contributed by atoms with van der Waals surface area (Å²) >= 11 is 0. The lowest BCUT2D eigenvalue weighted by Gasteiger charge is -2.31. The van der Waals surface area contributed by atoms with Crippen LogP contribution in [0, 0.1) is 0 Å². The summed E-state index contributed by atoms with van der Waals surface area (Å²) in [7, 11) is 0. The Balaban J connectivity index is 1.45. The maximum atomic E-state index is 6.20. The zero-order valence-electron chi connectivity index (χ0n) is 16.0. The Labute approximate surface area is 165 Å². The summed E-state index contributed by atoms with van der Waals surface area (Å²) < 4.78 is 11.7. The molecule has 0 aliphatic carbocycles. The maximum absolute atomic E-state index is 6.20. The molecule has 0 unspecified atom stereocenters. The van der Waals surface area contributed by atoms with Gasteiger partial charge >= 0.3 is 0 Å². The van der Waals surface area contributed by atoms with E-state index in [9.17, 15) is 0 Å². The lowest BCUT2D eigenvalue weighted by Crippen LogP contribution is -2.36. The zero-order valence-corrected chi connectivity index (χ0v) is 16.0. The van der Waals surface area contributed by atoms with E-state index in [1.165, 1.54) is 22.1 Å². The summed E-state index contributed by atoms with van der Waals surface area (Å²) in [6.07, 6.45) is 1.86. The number of fused-ring (bicyclic) bond motifs is 3. The third kappa shape index (κ3) is 3.61. The van der Waals surface area contributed by atoms with Gasteiger partial charge in [-0.1, -0.05) is 36.4 Å². The van der Waals surface area contributed by atoms with E-state index in [1.807, 2.05) is 12.3 Å². The van der Waals surface area contributed by atoms with Gasteiger partial charge in [-0.2, -0.15) is 0 Å². The first-order chi connectivity index (χ1) is 13.9. The van der Waals surface area contributed by atoms with Crippen LogP contribution >= 0.6 is 0 Å². The molecule has 2 aliphatic rings. The number of nitrogens with zero attached hydrogens (tertiary/aromatic N) is 3. The average Bonchev–Trinajstić information content (AvgIpc) is 2.75. The predicted molar refractivity (Wildman–Crippen MR) is 109 cm³/mol. The molecule has 0 saturated carbocycles. The Morgan fingerprint density at radius 2 is 1.79 bits per heavy atom. The standard InChI is InChI=1S/C23H25N3O2/c1-2-5-18(6-3-1)14-26-16-20-13-19(15-25-9-11-27-12-10-25)21-7-4-8-24-22(21)23(20)28-17-26/h1-8,13H,9-12,14-17H2. The van der Waals surface area contributed by atoms with Gasteiger partial charge in [-0.15, -0.1) is 0 Å². The minimum Gasteiger partial charge on any atom is -0.475 e. The van der Waals surface area contributed by atoms with Crippen molar-refractivity contribution in [3.8, 4) is 5.75 Å². The summed E-state index contributed by atoms with van der Waals surface area (Å²) in [6, 6.07) is 17.1. The molecule has 0 radical (unpaired) electrons. The number of pyridine rings is 1. The molecule has 0 N–H and O–H groups in total. The number of hydrogen-bond donors (Lipinski definition) is 0. The number of aromatic nitrogens is 1. The van der Waals surface area contributed by atoms with Crippen LogP contribution in [0.2, 0.25) is 0 Å². The second-order valence-corrected chi connectivity index (χ2v) is 7.56. The minimum atomic E-state index is 0.594. The van der Waals surface area contributed by atoms with Crippen LogP contribution in [-0.4, -0.2) is 47.8 Å². The summed E-state index contributed by atoms with van der Waals surface area (Å²) in [5, 5.41) is 1.20. The molecule has 5 nitrogen and oxygen atoms in total. The van der Waals surface area contributed by atoms with Crippen molar-refractivity contribution in [3.05, 3.63) is 71.4 Å². The van der Waals surface area contributed by atoms with E-state index < -0.39 is 0 Å². The van der Waals surface area contributed by atoms with Crippen molar-refractivity contribution >= 4 is 10.9 Å². The molecule has 0 atom stereocenters. The normalized spacial score (nSPS) is 18.0. The summed E-state index contributed by atoms with van der Waals surface area (Å²) in [4.78, 5) is 9.47. The minimum absolute atomic E-state index is 0.594. The lowest BCUT2D eigenvalue weighted by molar-refractivity contribution is 0.0343. The molecule has 2 aliphatic heterocycles. The molecule has 3 aromatic rings. The van der Waals surface area contributed by atoms with Gasteiger partial charge in [0.2, 0.25) is 0 Å². The van der Waals surface area contributed by atoms with Crippen molar-refractivity contribution in [2.75, 3.05) is 33.0 Å². The van der Waals surface area contributed by atoms with Crippen molar-refractivity contribution in [2.24, 2.45) is 0 Å². The van der Waals surface area contributed by atoms with Gasteiger partial charge in [-0.3, -0.25) is 14.8 Å². The molecule has 144 valence electrons. The van der Waals surface area contributed by atoms with Crippen LogP contribution in [0.3, 0.4) is 0 Å². The van der Waals surface area contributed by atoms with Crippen LogP contribution in [0.5, 0.6) is 5.75 Å². The highest BCUT2D eigenvalue weighted by Crippen LogP contribution is 2.35. The molecule has 2 aromatic carbocycles. The van der Waals surface area contributed by atoms with Crippen molar-refractivity contribution in [1.82, 2.24) is 14.8 Å². The number of morpholine rings is 1. The quantitative estimate of drug-likeness (QED) is 0.699. The van der Waals surface area contributed by atoms with E-state index in [0.717, 1.165) is 57.2 Å². The van der Waals surface area contributed by atoms with Gasteiger partial charge in [0.15, 0.2) is 5.75 Å². The first kappa shape index (κ1) is 17.6. The molecule has 5 rings (SSSR count). The smallest absolute Gasteiger partial charge is 0.152 e. The van der Waals surface area contributed by atoms with Crippen molar-refractivity contribution in [1.29, 1.82) is 0 Å². The van der Waals surface area contributed by atoms with E-state index in [4.69, 9.17) is 9.47 Å². The van der Waals surface area contributed by atoms with Crippen LogP contribution in [0.1, 0.15) is 16.7 Å². The topological polar surface area (TPSA) is 37.8 Å². The van der Waals surface area contributed by atoms with Crippen LogP contribution in [0.25, 0.3) is 10.9 Å². The Kier molecular flexibility index (Phi) is 4.95. The van der Waals surface area contributed by atoms with Crippen LogP contribution < -0.4 is 4.74 Å². The van der Waals surface area contributed by atoms with Crippen LogP contribution in [0.4, 0.5) is 0 Å². The molecule has 0 bridgehead atoms. The highest BCUT2D eigenvalue weighted by atomic mass is 16.5. The fraction of sp³-hybridized carbons (Fsp3) is 0.348. The van der Waals surface area contributed by atoms with E-state index in [1.54, 1.807) is 0 Å². The molecule has 0 amide bonds. The first-order valence-corrected chi connectivity index (χ1v) is 9.95. The molecule has 0 spiro atoms. The van der Waals surface area contributed by atoms with Crippen molar-refractivity contribution in [2.45, 2.75) is 19.6 Å². The Morgan fingerprint density at radius 1 is 0.929 bits per heavy atom. The maximum Gasteiger partial charge on any atom is 0.152 e. The van der Waals surface area contributed by atoms with Crippen LogP contribution in [0.15, 0.2) is 54.7 Å². The molecule has 28 heavy (non-hydrogen) atoms. The summed E-state index contributed by atoms with van der Waals surface area (Å²) in [6.45, 7) is 6.88. The predicted octanol–water partition coefficient (Wildman–Crippen LogP) is 3.42. The first-order valence-electron chi connectivity index (χ1n) is 9.95. The molecular formula is C23H25N3O2. The number of rotatable bonds is 4. The molecular weight excluding hydrogens is 350 g/mol. The second kappa shape index (κ2) is 7.87. The average molecular weight is 375 g/mol.